The minimum atomic E-state index is -0.0987. The second kappa shape index (κ2) is 7.85. The Hall–Kier alpha value is -2.80. The Bertz CT molecular complexity index is 834. The molecule has 0 aliphatic carbocycles. The van der Waals surface area contributed by atoms with Crippen LogP contribution in [0.1, 0.15) is 23.7 Å². The van der Waals surface area contributed by atoms with E-state index >= 15 is 0 Å². The molecule has 25 heavy (non-hydrogen) atoms. The van der Waals surface area contributed by atoms with Crippen LogP contribution >= 0.6 is 11.3 Å². The maximum absolute atomic E-state index is 12.9. The highest BCUT2D eigenvalue weighted by Gasteiger charge is 2.21. The van der Waals surface area contributed by atoms with Crippen LogP contribution in [0.5, 0.6) is 5.75 Å². The molecule has 0 unspecified atom stereocenters. The molecule has 0 atom stereocenters. The van der Waals surface area contributed by atoms with Gasteiger partial charge in [-0.25, -0.2) is 0 Å². The summed E-state index contributed by atoms with van der Waals surface area (Å²) < 4.78 is 5.14. The van der Waals surface area contributed by atoms with Crippen LogP contribution in [-0.2, 0) is 0 Å². The summed E-state index contributed by atoms with van der Waals surface area (Å²) in [5.41, 5.74) is 1.48. The van der Waals surface area contributed by atoms with Gasteiger partial charge in [0.2, 0.25) is 5.13 Å². The predicted octanol–water partition coefficient (Wildman–Crippen LogP) is 3.67. The van der Waals surface area contributed by atoms with Gasteiger partial charge in [0.25, 0.3) is 5.91 Å². The van der Waals surface area contributed by atoms with E-state index in [0.29, 0.717) is 23.0 Å². The van der Waals surface area contributed by atoms with Gasteiger partial charge in [-0.3, -0.25) is 14.7 Å². The van der Waals surface area contributed by atoms with Crippen LogP contribution in [0.3, 0.4) is 0 Å². The van der Waals surface area contributed by atoms with Gasteiger partial charge in [0, 0.05) is 30.1 Å². The summed E-state index contributed by atoms with van der Waals surface area (Å²) in [6.45, 7) is 2.60. The molecular weight excluding hydrogens is 336 g/mol. The number of methoxy groups -OCH3 is 1. The van der Waals surface area contributed by atoms with E-state index in [-0.39, 0.29) is 5.91 Å². The van der Waals surface area contributed by atoms with Crippen molar-refractivity contribution >= 4 is 22.4 Å². The third-order valence-corrected chi connectivity index (χ3v) is 4.58. The minimum Gasteiger partial charge on any atom is -0.497 e. The Morgan fingerprint density at radius 3 is 2.64 bits per heavy atom. The smallest absolute Gasteiger partial charge is 0.260 e. The molecule has 0 aliphatic heterocycles. The maximum atomic E-state index is 12.9. The van der Waals surface area contributed by atoms with Crippen molar-refractivity contribution in [2.75, 3.05) is 18.6 Å². The zero-order valence-corrected chi connectivity index (χ0v) is 14.9. The molecule has 3 rings (SSSR count). The van der Waals surface area contributed by atoms with Gasteiger partial charge >= 0.3 is 0 Å². The maximum Gasteiger partial charge on any atom is 0.260 e. The summed E-state index contributed by atoms with van der Waals surface area (Å²) in [4.78, 5) is 18.7. The van der Waals surface area contributed by atoms with E-state index in [9.17, 15) is 4.79 Å². The first-order valence-corrected chi connectivity index (χ1v) is 8.74. The third-order valence-electron chi connectivity index (χ3n) is 3.58. The second-order valence-corrected chi connectivity index (χ2v) is 6.27. The molecule has 0 saturated carbocycles. The van der Waals surface area contributed by atoms with Crippen molar-refractivity contribution in [2.24, 2.45) is 0 Å². The average Bonchev–Trinajstić information content (AvgIpc) is 3.16. The predicted molar refractivity (Wildman–Crippen MR) is 98.1 cm³/mol. The number of pyridine rings is 1. The number of rotatable bonds is 6. The van der Waals surface area contributed by atoms with E-state index in [4.69, 9.17) is 4.74 Å². The summed E-state index contributed by atoms with van der Waals surface area (Å²) in [6.07, 6.45) is 4.27. The molecule has 0 fully saturated rings. The second-order valence-electron chi connectivity index (χ2n) is 5.32. The monoisotopic (exact) mass is 354 g/mol. The van der Waals surface area contributed by atoms with Crippen LogP contribution in [-0.4, -0.2) is 34.7 Å². The van der Waals surface area contributed by atoms with Gasteiger partial charge in [0.1, 0.15) is 5.75 Å². The average molecular weight is 354 g/mol. The SMILES string of the molecule is CCCN(C(=O)c1ccc(OC)cc1)c1nnc(-c2cccnc2)s1. The lowest BCUT2D eigenvalue weighted by Gasteiger charge is -2.18. The van der Waals surface area contributed by atoms with Gasteiger partial charge in [-0.05, 0) is 42.8 Å². The van der Waals surface area contributed by atoms with Crippen molar-refractivity contribution in [2.45, 2.75) is 13.3 Å². The number of benzene rings is 1. The topological polar surface area (TPSA) is 68.2 Å². The molecular formula is C18H18N4O2S. The summed E-state index contributed by atoms with van der Waals surface area (Å²) in [5.74, 6) is 0.617. The molecule has 2 heterocycles. The molecule has 0 spiro atoms. The number of carbonyl (C=O) groups is 1. The number of anilines is 1. The zero-order chi connectivity index (χ0) is 17.6. The molecule has 0 radical (unpaired) electrons. The highest BCUT2D eigenvalue weighted by molar-refractivity contribution is 7.18. The number of nitrogens with zero attached hydrogens (tertiary/aromatic N) is 4. The van der Waals surface area contributed by atoms with Crippen molar-refractivity contribution in [3.05, 3.63) is 54.4 Å². The van der Waals surface area contributed by atoms with E-state index in [1.165, 1.54) is 11.3 Å². The molecule has 0 N–H and O–H groups in total. The Balaban J connectivity index is 1.87. The molecule has 0 saturated heterocycles. The van der Waals surface area contributed by atoms with Crippen molar-refractivity contribution < 1.29 is 9.53 Å². The van der Waals surface area contributed by atoms with Crippen LogP contribution in [0.25, 0.3) is 10.6 Å². The number of ether oxygens (including phenoxy) is 1. The molecule has 1 aromatic carbocycles. The molecule has 0 aliphatic rings. The quantitative estimate of drug-likeness (QED) is 0.676. The summed E-state index contributed by atoms with van der Waals surface area (Å²) in [7, 11) is 1.60. The molecule has 2 aromatic heterocycles. The van der Waals surface area contributed by atoms with Gasteiger partial charge < -0.3 is 4.74 Å². The molecule has 3 aromatic rings. The van der Waals surface area contributed by atoms with Crippen molar-refractivity contribution in [3.63, 3.8) is 0 Å². The third kappa shape index (κ3) is 3.83. The minimum absolute atomic E-state index is 0.0987. The van der Waals surface area contributed by atoms with Crippen molar-refractivity contribution in [1.29, 1.82) is 0 Å². The van der Waals surface area contributed by atoms with Gasteiger partial charge in [0.05, 0.1) is 7.11 Å². The first-order valence-electron chi connectivity index (χ1n) is 7.92. The lowest BCUT2D eigenvalue weighted by atomic mass is 10.2. The van der Waals surface area contributed by atoms with Crippen LogP contribution in [0.4, 0.5) is 5.13 Å². The molecule has 6 nitrogen and oxygen atoms in total. The Kier molecular flexibility index (Phi) is 5.35. The van der Waals surface area contributed by atoms with E-state index in [1.54, 1.807) is 48.7 Å². The largest absolute Gasteiger partial charge is 0.497 e. The van der Waals surface area contributed by atoms with Crippen LogP contribution < -0.4 is 9.64 Å². The Labute approximate surface area is 150 Å². The normalized spacial score (nSPS) is 10.5. The van der Waals surface area contributed by atoms with Crippen LogP contribution in [0.15, 0.2) is 48.8 Å². The highest BCUT2D eigenvalue weighted by Crippen LogP contribution is 2.29. The van der Waals surface area contributed by atoms with Crippen molar-refractivity contribution in [1.82, 2.24) is 15.2 Å². The van der Waals surface area contributed by atoms with Gasteiger partial charge in [-0.1, -0.05) is 18.3 Å². The van der Waals surface area contributed by atoms with Gasteiger partial charge in [-0.2, -0.15) is 0 Å². The molecule has 7 heteroatoms. The fraction of sp³-hybridized carbons (Fsp3) is 0.222. The number of aromatic nitrogens is 3. The number of hydrogen-bond acceptors (Lipinski definition) is 6. The Morgan fingerprint density at radius 2 is 2.00 bits per heavy atom. The number of amides is 1. The number of hydrogen-bond donors (Lipinski definition) is 0. The van der Waals surface area contributed by atoms with Crippen LogP contribution in [0, 0.1) is 0 Å². The number of carbonyl (C=O) groups excluding carboxylic acids is 1. The fourth-order valence-corrected chi connectivity index (χ4v) is 3.19. The highest BCUT2D eigenvalue weighted by atomic mass is 32.1. The Morgan fingerprint density at radius 1 is 1.20 bits per heavy atom. The lowest BCUT2D eigenvalue weighted by Crippen LogP contribution is -2.31. The zero-order valence-electron chi connectivity index (χ0n) is 14.0. The van der Waals surface area contributed by atoms with Gasteiger partial charge in [-0.15, -0.1) is 10.2 Å². The van der Waals surface area contributed by atoms with E-state index in [2.05, 4.69) is 15.2 Å². The lowest BCUT2D eigenvalue weighted by molar-refractivity contribution is 0.0986. The molecule has 0 bridgehead atoms. The molecule has 128 valence electrons. The van der Waals surface area contributed by atoms with E-state index < -0.39 is 0 Å². The van der Waals surface area contributed by atoms with Crippen LogP contribution in [0.2, 0.25) is 0 Å². The first-order chi connectivity index (χ1) is 12.2. The molecule has 1 amide bonds. The van der Waals surface area contributed by atoms with Crippen molar-refractivity contribution in [3.8, 4) is 16.3 Å². The summed E-state index contributed by atoms with van der Waals surface area (Å²) >= 11 is 1.38. The van der Waals surface area contributed by atoms with Gasteiger partial charge in [0.15, 0.2) is 5.01 Å². The van der Waals surface area contributed by atoms with E-state index in [1.807, 2.05) is 19.1 Å². The first kappa shape index (κ1) is 17.0. The standard InChI is InChI=1S/C18H18N4O2S/c1-3-11-22(17(23)13-6-8-15(24-2)9-7-13)18-21-20-16(25-18)14-5-4-10-19-12-14/h4-10,12H,3,11H2,1-2H3. The van der Waals surface area contributed by atoms with E-state index in [0.717, 1.165) is 17.0 Å². The summed E-state index contributed by atoms with van der Waals surface area (Å²) in [5, 5.41) is 9.75. The summed E-state index contributed by atoms with van der Waals surface area (Å²) in [6, 6.07) is 10.8. The fourth-order valence-electron chi connectivity index (χ4n) is 2.33.